The van der Waals surface area contributed by atoms with Gasteiger partial charge in [0.2, 0.25) is 0 Å². The van der Waals surface area contributed by atoms with Gasteiger partial charge in [-0.1, -0.05) is 70.5 Å². The minimum atomic E-state index is -0.554. The molecule has 5 heteroatoms. The Morgan fingerprint density at radius 2 is 1.44 bits per heavy atom. The second kappa shape index (κ2) is 7.31. The monoisotopic (exact) mass is 418 g/mol. The maximum Gasteiger partial charge on any atom is 0.275 e. The van der Waals surface area contributed by atoms with E-state index in [9.17, 15) is 4.79 Å². The lowest BCUT2D eigenvalue weighted by Crippen LogP contribution is -2.19. The summed E-state index contributed by atoms with van der Waals surface area (Å²) >= 11 is 3.45. The van der Waals surface area contributed by atoms with Crippen molar-refractivity contribution in [3.8, 4) is 22.4 Å². The highest BCUT2D eigenvalue weighted by molar-refractivity contribution is 9.10. The van der Waals surface area contributed by atoms with Gasteiger partial charge in [-0.05, 0) is 35.4 Å². The Morgan fingerprint density at radius 1 is 0.852 bits per heavy atom. The van der Waals surface area contributed by atoms with Crippen LogP contribution in [-0.2, 0) is 0 Å². The van der Waals surface area contributed by atoms with Crippen LogP contribution in [0, 0.1) is 0 Å². The van der Waals surface area contributed by atoms with Crippen molar-refractivity contribution < 1.29 is 10.0 Å². The summed E-state index contributed by atoms with van der Waals surface area (Å²) in [5, 5.41) is 9.76. The molecule has 27 heavy (non-hydrogen) atoms. The normalized spacial score (nSPS) is 10.7. The number of para-hydroxylation sites is 1. The van der Waals surface area contributed by atoms with Crippen molar-refractivity contribution in [2.24, 2.45) is 0 Å². The SMILES string of the molecule is O=C(NO)c1cc(-c2ccc(-c3ccc(Br)cc3)cc2)nc2ccccc12. The van der Waals surface area contributed by atoms with Crippen LogP contribution in [0.15, 0.2) is 83.3 Å². The number of hydrogen-bond acceptors (Lipinski definition) is 3. The number of hydrogen-bond donors (Lipinski definition) is 2. The molecule has 0 unspecified atom stereocenters. The van der Waals surface area contributed by atoms with Gasteiger partial charge in [-0.2, -0.15) is 0 Å². The molecule has 2 N–H and O–H groups in total. The fourth-order valence-corrected chi connectivity index (χ4v) is 3.31. The van der Waals surface area contributed by atoms with Crippen molar-refractivity contribution in [3.05, 3.63) is 88.9 Å². The largest absolute Gasteiger partial charge is 0.288 e. The summed E-state index contributed by atoms with van der Waals surface area (Å²) in [6.45, 7) is 0. The van der Waals surface area contributed by atoms with Crippen LogP contribution in [-0.4, -0.2) is 16.1 Å². The van der Waals surface area contributed by atoms with Crippen molar-refractivity contribution in [3.63, 3.8) is 0 Å². The lowest BCUT2D eigenvalue weighted by Gasteiger charge is -2.09. The second-order valence-corrected chi connectivity index (χ2v) is 7.01. The van der Waals surface area contributed by atoms with Crippen LogP contribution in [0.1, 0.15) is 10.4 Å². The Hall–Kier alpha value is -3.02. The van der Waals surface area contributed by atoms with Crippen LogP contribution in [0.2, 0.25) is 0 Å². The Labute approximate surface area is 164 Å². The molecule has 4 aromatic rings. The van der Waals surface area contributed by atoms with Crippen LogP contribution in [0.5, 0.6) is 0 Å². The Morgan fingerprint density at radius 3 is 2.11 bits per heavy atom. The van der Waals surface area contributed by atoms with Gasteiger partial charge >= 0.3 is 0 Å². The van der Waals surface area contributed by atoms with E-state index < -0.39 is 5.91 Å². The van der Waals surface area contributed by atoms with E-state index in [1.54, 1.807) is 11.5 Å². The Balaban J connectivity index is 1.78. The maximum atomic E-state index is 12.1. The van der Waals surface area contributed by atoms with Crippen molar-refractivity contribution in [2.45, 2.75) is 0 Å². The number of rotatable bonds is 3. The van der Waals surface area contributed by atoms with Gasteiger partial charge in [-0.25, -0.2) is 10.5 Å². The van der Waals surface area contributed by atoms with E-state index in [4.69, 9.17) is 5.21 Å². The van der Waals surface area contributed by atoms with Crippen molar-refractivity contribution in [1.29, 1.82) is 0 Å². The molecule has 4 rings (SSSR count). The van der Waals surface area contributed by atoms with Gasteiger partial charge in [-0.15, -0.1) is 0 Å². The molecule has 1 heterocycles. The van der Waals surface area contributed by atoms with Gasteiger partial charge in [0, 0.05) is 15.4 Å². The van der Waals surface area contributed by atoms with Gasteiger partial charge in [0.05, 0.1) is 16.8 Å². The number of pyridine rings is 1. The van der Waals surface area contributed by atoms with E-state index in [1.807, 2.05) is 60.7 Å². The Kier molecular flexibility index (Phi) is 4.71. The minimum Gasteiger partial charge on any atom is -0.288 e. The summed E-state index contributed by atoms with van der Waals surface area (Å²) in [5.74, 6) is -0.554. The second-order valence-electron chi connectivity index (χ2n) is 6.10. The predicted molar refractivity (Wildman–Crippen MR) is 110 cm³/mol. The van der Waals surface area contributed by atoms with Crippen molar-refractivity contribution >= 4 is 32.7 Å². The fourth-order valence-electron chi connectivity index (χ4n) is 3.05. The number of nitrogens with zero attached hydrogens (tertiary/aromatic N) is 1. The summed E-state index contributed by atoms with van der Waals surface area (Å²) in [6.07, 6.45) is 0. The van der Waals surface area contributed by atoms with Gasteiger partial charge in [0.25, 0.3) is 5.91 Å². The van der Waals surface area contributed by atoms with Crippen LogP contribution in [0.4, 0.5) is 0 Å². The van der Waals surface area contributed by atoms with E-state index in [1.165, 1.54) is 0 Å². The number of amides is 1. The summed E-state index contributed by atoms with van der Waals surface area (Å²) in [7, 11) is 0. The fraction of sp³-hybridized carbons (Fsp3) is 0. The molecule has 1 amide bonds. The molecule has 0 aliphatic heterocycles. The number of benzene rings is 3. The molecular weight excluding hydrogens is 404 g/mol. The number of carbonyl (C=O) groups is 1. The number of carbonyl (C=O) groups excluding carboxylic acids is 1. The van der Waals surface area contributed by atoms with E-state index in [-0.39, 0.29) is 0 Å². The zero-order valence-electron chi connectivity index (χ0n) is 14.2. The molecule has 0 bridgehead atoms. The molecule has 0 aliphatic rings. The number of nitrogens with one attached hydrogen (secondary N) is 1. The molecule has 0 saturated carbocycles. The first-order chi connectivity index (χ1) is 13.2. The molecule has 0 fully saturated rings. The summed E-state index contributed by atoms with van der Waals surface area (Å²) in [6, 6.07) is 25.2. The van der Waals surface area contributed by atoms with Gasteiger partial charge in [0.15, 0.2) is 0 Å². The highest BCUT2D eigenvalue weighted by Crippen LogP contribution is 2.28. The van der Waals surface area contributed by atoms with Crippen molar-refractivity contribution in [1.82, 2.24) is 10.5 Å². The first-order valence-corrected chi connectivity index (χ1v) is 9.15. The summed E-state index contributed by atoms with van der Waals surface area (Å²) < 4.78 is 1.04. The smallest absolute Gasteiger partial charge is 0.275 e. The lowest BCUT2D eigenvalue weighted by atomic mass is 10.0. The third-order valence-electron chi connectivity index (χ3n) is 4.42. The lowest BCUT2D eigenvalue weighted by molar-refractivity contribution is 0.0708. The highest BCUT2D eigenvalue weighted by atomic mass is 79.9. The third-order valence-corrected chi connectivity index (χ3v) is 4.95. The van der Waals surface area contributed by atoms with Crippen molar-refractivity contribution in [2.75, 3.05) is 0 Å². The molecule has 0 saturated heterocycles. The molecule has 0 radical (unpaired) electrons. The predicted octanol–water partition coefficient (Wildman–Crippen LogP) is 5.45. The van der Waals surface area contributed by atoms with E-state index in [0.717, 1.165) is 21.2 Å². The average Bonchev–Trinajstić information content (AvgIpc) is 2.73. The number of halogens is 1. The van der Waals surface area contributed by atoms with Crippen LogP contribution in [0.3, 0.4) is 0 Å². The number of hydroxylamine groups is 1. The summed E-state index contributed by atoms with van der Waals surface area (Å²) in [4.78, 5) is 16.8. The van der Waals surface area contributed by atoms with Gasteiger partial charge < -0.3 is 0 Å². The zero-order valence-corrected chi connectivity index (χ0v) is 15.8. The van der Waals surface area contributed by atoms with E-state index in [0.29, 0.717) is 22.2 Å². The quantitative estimate of drug-likeness (QED) is 0.343. The molecule has 132 valence electrons. The van der Waals surface area contributed by atoms with Crippen LogP contribution < -0.4 is 5.48 Å². The average molecular weight is 419 g/mol. The molecule has 1 aromatic heterocycles. The molecular formula is C22H15BrN2O2. The van der Waals surface area contributed by atoms with E-state index >= 15 is 0 Å². The topological polar surface area (TPSA) is 62.2 Å². The molecule has 0 spiro atoms. The molecule has 3 aromatic carbocycles. The highest BCUT2D eigenvalue weighted by Gasteiger charge is 2.13. The van der Waals surface area contributed by atoms with Crippen LogP contribution >= 0.6 is 15.9 Å². The molecule has 4 nitrogen and oxygen atoms in total. The zero-order chi connectivity index (χ0) is 18.8. The van der Waals surface area contributed by atoms with E-state index in [2.05, 4.69) is 33.0 Å². The number of fused-ring (bicyclic) bond motifs is 1. The van der Waals surface area contributed by atoms with Gasteiger partial charge in [-0.3, -0.25) is 10.0 Å². The summed E-state index contributed by atoms with van der Waals surface area (Å²) in [5.41, 5.74) is 6.59. The Bertz CT molecular complexity index is 1120. The van der Waals surface area contributed by atoms with Gasteiger partial charge in [0.1, 0.15) is 0 Å². The van der Waals surface area contributed by atoms with Crippen LogP contribution in [0.25, 0.3) is 33.3 Å². The first kappa shape index (κ1) is 17.4. The minimum absolute atomic E-state index is 0.384. The molecule has 0 atom stereocenters. The third kappa shape index (κ3) is 3.47. The first-order valence-electron chi connectivity index (χ1n) is 8.36. The standard InChI is InChI=1S/C22H15BrN2O2/c23-17-11-9-15(10-12-17)14-5-7-16(8-6-14)21-13-19(22(26)25-27)18-3-1-2-4-20(18)24-21/h1-13,27H,(H,25,26). The molecule has 0 aliphatic carbocycles. The number of aromatic nitrogens is 1. The maximum absolute atomic E-state index is 12.1.